The van der Waals surface area contributed by atoms with Gasteiger partial charge in [-0.2, -0.15) is 0 Å². The molecule has 0 fully saturated rings. The van der Waals surface area contributed by atoms with Gasteiger partial charge in [-0.05, 0) is 103 Å². The monoisotopic (exact) mass is 819 g/mol. The van der Waals surface area contributed by atoms with Gasteiger partial charge in [0.25, 0.3) is 0 Å². The number of hydrogen-bond acceptors (Lipinski definition) is 6. The average molecular weight is 819 g/mol. The SMILES string of the molecule is CC/C=C\C/C=C\C/C=C\C/C=C\C/C=C\C/C=C\CCC(=O)OCC(COC(=O)CCCCCC/C=C\CCCC)OC(=O)CCCCCCC/C=C\CCCCC. The third kappa shape index (κ3) is 45.3. The van der Waals surface area contributed by atoms with E-state index in [-0.39, 0.29) is 37.5 Å². The van der Waals surface area contributed by atoms with Crippen LogP contribution in [0.1, 0.15) is 201 Å². The van der Waals surface area contributed by atoms with Crippen molar-refractivity contribution in [2.24, 2.45) is 0 Å². The predicted octanol–water partition coefficient (Wildman–Crippen LogP) is 15.4. The van der Waals surface area contributed by atoms with Crippen LogP contribution in [0.25, 0.3) is 0 Å². The van der Waals surface area contributed by atoms with E-state index >= 15 is 0 Å². The fraction of sp³-hybridized carbons (Fsp3) is 0.642. The lowest BCUT2D eigenvalue weighted by Gasteiger charge is -2.18. The maximum absolute atomic E-state index is 12.7. The summed E-state index contributed by atoms with van der Waals surface area (Å²) < 4.78 is 16.6. The van der Waals surface area contributed by atoms with Crippen LogP contribution in [0.2, 0.25) is 0 Å². The molecule has 0 radical (unpaired) electrons. The third-order valence-electron chi connectivity index (χ3n) is 9.56. The van der Waals surface area contributed by atoms with E-state index in [1.165, 1.54) is 44.9 Å². The first-order valence-corrected chi connectivity index (χ1v) is 23.7. The van der Waals surface area contributed by atoms with Crippen LogP contribution in [-0.4, -0.2) is 37.2 Å². The number of hydrogen-bond donors (Lipinski definition) is 0. The summed E-state index contributed by atoms with van der Waals surface area (Å²) in [5, 5.41) is 0. The summed E-state index contributed by atoms with van der Waals surface area (Å²) in [5.41, 5.74) is 0. The van der Waals surface area contributed by atoms with Crippen molar-refractivity contribution < 1.29 is 28.6 Å². The standard InChI is InChI=1S/C53H86O6/c1-4-7-10-13-16-19-22-24-25-26-27-28-29-30-32-34-37-40-43-46-52(55)58-49-50(48-57-51(54)45-42-39-36-33-21-18-15-12-9-6-3)59-53(56)47-44-41-38-35-31-23-20-17-14-11-8-5-2/h7,10,15-20,24-25,27-28,30,32,37,40,50H,4-6,8-9,11-14,21-23,26,29,31,33-36,38-39,41-49H2,1-3H3/b10-7-,18-15-,19-16-,20-17-,25-24-,28-27-,32-30-,40-37-. The Morgan fingerprint density at radius 1 is 0.356 bits per heavy atom. The van der Waals surface area contributed by atoms with Crippen molar-refractivity contribution in [3.8, 4) is 0 Å². The topological polar surface area (TPSA) is 78.9 Å². The van der Waals surface area contributed by atoms with Crippen molar-refractivity contribution in [3.63, 3.8) is 0 Å². The molecule has 0 saturated heterocycles. The number of carbonyl (C=O) groups is 3. The van der Waals surface area contributed by atoms with E-state index in [0.29, 0.717) is 19.3 Å². The molecule has 0 aromatic rings. The summed E-state index contributed by atoms with van der Waals surface area (Å²) in [7, 11) is 0. The van der Waals surface area contributed by atoms with E-state index < -0.39 is 6.10 Å². The van der Waals surface area contributed by atoms with Gasteiger partial charge in [-0.15, -0.1) is 0 Å². The minimum absolute atomic E-state index is 0.112. The Morgan fingerprint density at radius 2 is 0.712 bits per heavy atom. The van der Waals surface area contributed by atoms with E-state index in [1.807, 2.05) is 12.2 Å². The quantitative estimate of drug-likeness (QED) is 0.0265. The fourth-order valence-corrected chi connectivity index (χ4v) is 5.97. The second-order valence-corrected chi connectivity index (χ2v) is 15.3. The predicted molar refractivity (Wildman–Crippen MR) is 251 cm³/mol. The van der Waals surface area contributed by atoms with E-state index in [2.05, 4.69) is 106 Å². The average Bonchev–Trinajstić information content (AvgIpc) is 3.23. The molecular weight excluding hydrogens is 733 g/mol. The van der Waals surface area contributed by atoms with Crippen molar-refractivity contribution in [1.82, 2.24) is 0 Å². The summed E-state index contributed by atoms with van der Waals surface area (Å²) in [5.74, 6) is -1.03. The molecule has 1 atom stereocenters. The highest BCUT2D eigenvalue weighted by molar-refractivity contribution is 5.71. The van der Waals surface area contributed by atoms with Gasteiger partial charge in [-0.3, -0.25) is 14.4 Å². The third-order valence-corrected chi connectivity index (χ3v) is 9.56. The van der Waals surface area contributed by atoms with E-state index in [9.17, 15) is 14.4 Å². The molecule has 0 saturated carbocycles. The maximum atomic E-state index is 12.7. The second-order valence-electron chi connectivity index (χ2n) is 15.3. The van der Waals surface area contributed by atoms with Gasteiger partial charge in [0.15, 0.2) is 6.10 Å². The van der Waals surface area contributed by atoms with Crippen LogP contribution in [0.4, 0.5) is 0 Å². The number of unbranched alkanes of at least 4 members (excludes halogenated alkanes) is 14. The molecule has 0 aromatic carbocycles. The lowest BCUT2D eigenvalue weighted by molar-refractivity contribution is -0.166. The van der Waals surface area contributed by atoms with Crippen LogP contribution in [0.15, 0.2) is 97.2 Å². The molecule has 0 bridgehead atoms. The molecular formula is C53H86O6. The molecule has 59 heavy (non-hydrogen) atoms. The summed E-state index contributed by atoms with van der Waals surface area (Å²) >= 11 is 0. The zero-order valence-electron chi connectivity index (χ0n) is 38.0. The number of rotatable bonds is 41. The minimum Gasteiger partial charge on any atom is -0.462 e. The molecule has 0 amide bonds. The molecule has 0 aromatic heterocycles. The van der Waals surface area contributed by atoms with E-state index in [4.69, 9.17) is 14.2 Å². The Balaban J connectivity index is 4.50. The lowest BCUT2D eigenvalue weighted by atomic mass is 10.1. The van der Waals surface area contributed by atoms with Gasteiger partial charge in [-0.25, -0.2) is 0 Å². The zero-order valence-corrected chi connectivity index (χ0v) is 38.0. The van der Waals surface area contributed by atoms with Crippen molar-refractivity contribution in [2.75, 3.05) is 13.2 Å². The maximum Gasteiger partial charge on any atom is 0.306 e. The van der Waals surface area contributed by atoms with Gasteiger partial charge >= 0.3 is 17.9 Å². The smallest absolute Gasteiger partial charge is 0.306 e. The Hall–Kier alpha value is -3.67. The largest absolute Gasteiger partial charge is 0.462 e. The Morgan fingerprint density at radius 3 is 1.19 bits per heavy atom. The van der Waals surface area contributed by atoms with Gasteiger partial charge in [0.2, 0.25) is 0 Å². The van der Waals surface area contributed by atoms with Crippen molar-refractivity contribution in [2.45, 2.75) is 207 Å². The Bertz CT molecular complexity index is 1220. The van der Waals surface area contributed by atoms with Crippen LogP contribution >= 0.6 is 0 Å². The van der Waals surface area contributed by atoms with Gasteiger partial charge in [-0.1, -0.05) is 176 Å². The Kier molecular flexibility index (Phi) is 44.1. The molecule has 0 aliphatic rings. The molecule has 0 heterocycles. The minimum atomic E-state index is -0.815. The van der Waals surface area contributed by atoms with Crippen LogP contribution < -0.4 is 0 Å². The highest BCUT2D eigenvalue weighted by Gasteiger charge is 2.19. The first-order valence-electron chi connectivity index (χ1n) is 23.7. The van der Waals surface area contributed by atoms with Crippen molar-refractivity contribution in [3.05, 3.63) is 97.2 Å². The summed E-state index contributed by atoms with van der Waals surface area (Å²) in [6, 6.07) is 0. The second kappa shape index (κ2) is 47.0. The zero-order chi connectivity index (χ0) is 43.0. The normalized spacial score (nSPS) is 12.9. The molecule has 0 spiro atoms. The summed E-state index contributed by atoms with van der Waals surface area (Å²) in [4.78, 5) is 37.7. The van der Waals surface area contributed by atoms with Crippen LogP contribution in [-0.2, 0) is 28.6 Å². The van der Waals surface area contributed by atoms with Crippen LogP contribution in [0.3, 0.4) is 0 Å². The fourth-order valence-electron chi connectivity index (χ4n) is 5.97. The van der Waals surface area contributed by atoms with Gasteiger partial charge in [0, 0.05) is 19.3 Å². The number of allylic oxidation sites excluding steroid dienone is 16. The molecule has 0 aliphatic heterocycles. The van der Waals surface area contributed by atoms with E-state index in [1.54, 1.807) is 0 Å². The summed E-state index contributed by atoms with van der Waals surface area (Å²) in [6.07, 6.45) is 61.2. The van der Waals surface area contributed by atoms with Crippen molar-refractivity contribution in [1.29, 1.82) is 0 Å². The number of carbonyl (C=O) groups excluding carboxylic acids is 3. The first kappa shape index (κ1) is 55.3. The first-order chi connectivity index (χ1) is 29.0. The molecule has 6 heteroatoms. The van der Waals surface area contributed by atoms with Gasteiger partial charge in [0.1, 0.15) is 13.2 Å². The number of esters is 3. The molecule has 0 rings (SSSR count). The highest BCUT2D eigenvalue weighted by atomic mass is 16.6. The Labute approximate surface area is 362 Å². The molecule has 334 valence electrons. The summed E-state index contributed by atoms with van der Waals surface area (Å²) in [6.45, 7) is 6.34. The molecule has 0 N–H and O–H groups in total. The van der Waals surface area contributed by atoms with Gasteiger partial charge < -0.3 is 14.2 Å². The van der Waals surface area contributed by atoms with Crippen molar-refractivity contribution >= 4 is 17.9 Å². The van der Waals surface area contributed by atoms with E-state index in [0.717, 1.165) is 109 Å². The van der Waals surface area contributed by atoms with Crippen LogP contribution in [0, 0.1) is 0 Å². The molecule has 6 nitrogen and oxygen atoms in total. The van der Waals surface area contributed by atoms with Crippen LogP contribution in [0.5, 0.6) is 0 Å². The number of ether oxygens (including phenoxy) is 3. The van der Waals surface area contributed by atoms with Gasteiger partial charge in [0.05, 0.1) is 0 Å². The highest BCUT2D eigenvalue weighted by Crippen LogP contribution is 2.12. The lowest BCUT2D eigenvalue weighted by Crippen LogP contribution is -2.30. The molecule has 1 unspecified atom stereocenters. The molecule has 0 aliphatic carbocycles.